The number of hydrogen-bond acceptors (Lipinski definition) is 0. The third-order valence-electron chi connectivity index (χ3n) is 12.4. The highest BCUT2D eigenvalue weighted by atomic mass is 15.0. The van der Waals surface area contributed by atoms with Crippen LogP contribution in [0.25, 0.3) is 43.6 Å². The Kier molecular flexibility index (Phi) is 6.52. The van der Waals surface area contributed by atoms with Gasteiger partial charge in [-0.15, -0.1) is 0 Å². The van der Waals surface area contributed by atoms with Crippen molar-refractivity contribution in [2.45, 2.75) is 103 Å². The Balaban J connectivity index is 1.78. The van der Waals surface area contributed by atoms with Crippen LogP contribution in [0.15, 0.2) is 0 Å². The molecule has 0 radical (unpaired) electrons. The smallest absolute Gasteiger partial charge is 0.0524 e. The van der Waals surface area contributed by atoms with Crippen LogP contribution in [0.2, 0.25) is 0 Å². The van der Waals surface area contributed by atoms with Gasteiger partial charge in [0, 0.05) is 35.6 Å². The van der Waals surface area contributed by atoms with Crippen molar-refractivity contribution in [1.82, 2.24) is 9.13 Å². The average molecular weight is 571 g/mol. The maximum Gasteiger partial charge on any atom is 0.0524 e. The maximum absolute atomic E-state index is 2.51. The summed E-state index contributed by atoms with van der Waals surface area (Å²) in [6, 6.07) is 0. The normalized spacial score (nSPS) is 12.3. The van der Waals surface area contributed by atoms with E-state index < -0.39 is 0 Å². The molecule has 2 heterocycles. The summed E-state index contributed by atoms with van der Waals surface area (Å²) in [7, 11) is 4.58. The second-order valence-electron chi connectivity index (χ2n) is 13.9. The van der Waals surface area contributed by atoms with Crippen LogP contribution < -0.4 is 0 Å². The molecule has 0 saturated carbocycles. The molecule has 6 aromatic rings. The van der Waals surface area contributed by atoms with E-state index >= 15 is 0 Å². The minimum absolute atomic E-state index is 0.944. The summed E-state index contributed by atoms with van der Waals surface area (Å²) >= 11 is 0. The molecule has 224 valence electrons. The minimum atomic E-state index is 0.944. The molecule has 0 amide bonds. The fourth-order valence-electron chi connectivity index (χ4n) is 8.74. The van der Waals surface area contributed by atoms with Gasteiger partial charge in [-0.2, -0.15) is 0 Å². The molecule has 0 fully saturated rings. The van der Waals surface area contributed by atoms with E-state index in [1.165, 1.54) is 133 Å². The lowest BCUT2D eigenvalue weighted by Crippen LogP contribution is -2.05. The minimum Gasteiger partial charge on any atom is -0.343 e. The summed E-state index contributed by atoms with van der Waals surface area (Å²) in [4.78, 5) is 0. The number of hydrogen-bond donors (Lipinski definition) is 0. The topological polar surface area (TPSA) is 9.86 Å². The molecule has 2 nitrogen and oxygen atoms in total. The van der Waals surface area contributed by atoms with Gasteiger partial charge in [0.05, 0.1) is 22.1 Å². The van der Waals surface area contributed by atoms with Crippen LogP contribution in [-0.2, 0) is 20.5 Å². The zero-order chi connectivity index (χ0) is 31.7. The standard InChI is InChI=1S/C41H50N2/c1-18-20(3)28(11)38-34(25(18)8)35-27(10)24(7)32(31(14)41(35)43(38)16)17-33-23(6)22(5)30(13)40-37(33)36-26(9)19(2)21(4)29(12)39(36)42(40)15/h17H2,1-16H3. The van der Waals surface area contributed by atoms with Gasteiger partial charge in [-0.25, -0.2) is 0 Å². The molecular weight excluding hydrogens is 520 g/mol. The molecule has 6 rings (SSSR count). The Morgan fingerprint density at radius 3 is 1.00 bits per heavy atom. The van der Waals surface area contributed by atoms with Crippen molar-refractivity contribution in [3.8, 4) is 0 Å². The molecule has 0 spiro atoms. The summed E-state index contributed by atoms with van der Waals surface area (Å²) in [6.45, 7) is 32.6. The molecule has 2 heteroatoms. The van der Waals surface area contributed by atoms with Crippen molar-refractivity contribution >= 4 is 43.6 Å². The lowest BCUT2D eigenvalue weighted by Gasteiger charge is -2.20. The first-order chi connectivity index (χ1) is 20.1. The van der Waals surface area contributed by atoms with Crippen molar-refractivity contribution in [2.75, 3.05) is 0 Å². The van der Waals surface area contributed by atoms with E-state index in [2.05, 4.69) is 120 Å². The lowest BCUT2D eigenvalue weighted by molar-refractivity contribution is 0.986. The Morgan fingerprint density at radius 1 is 0.279 bits per heavy atom. The van der Waals surface area contributed by atoms with Gasteiger partial charge in [0.2, 0.25) is 0 Å². The molecule has 43 heavy (non-hydrogen) atoms. The molecular formula is C41H50N2. The number of benzene rings is 4. The second-order valence-corrected chi connectivity index (χ2v) is 13.9. The quantitative estimate of drug-likeness (QED) is 0.196. The van der Waals surface area contributed by atoms with Gasteiger partial charge in [-0.3, -0.25) is 0 Å². The van der Waals surface area contributed by atoms with E-state index in [1.807, 2.05) is 0 Å². The van der Waals surface area contributed by atoms with Crippen LogP contribution in [0.4, 0.5) is 0 Å². The largest absolute Gasteiger partial charge is 0.343 e. The van der Waals surface area contributed by atoms with Crippen LogP contribution in [0.5, 0.6) is 0 Å². The van der Waals surface area contributed by atoms with Crippen molar-refractivity contribution in [3.63, 3.8) is 0 Å². The zero-order valence-electron chi connectivity index (χ0n) is 29.6. The fraction of sp³-hybridized carbons (Fsp3) is 0.415. The third-order valence-corrected chi connectivity index (χ3v) is 12.4. The highest BCUT2D eigenvalue weighted by molar-refractivity contribution is 6.16. The van der Waals surface area contributed by atoms with Crippen molar-refractivity contribution < 1.29 is 0 Å². The van der Waals surface area contributed by atoms with E-state index in [0.717, 1.165) is 6.42 Å². The number of fused-ring (bicyclic) bond motifs is 6. The predicted octanol–water partition coefficient (Wildman–Crippen LogP) is 10.9. The van der Waals surface area contributed by atoms with Gasteiger partial charge in [-0.05, 0) is 192 Å². The zero-order valence-corrected chi connectivity index (χ0v) is 29.6. The number of nitrogens with zero attached hydrogens (tertiary/aromatic N) is 2. The number of aryl methyl sites for hydroxylation is 9. The van der Waals surface area contributed by atoms with Crippen LogP contribution in [-0.4, -0.2) is 9.13 Å². The maximum atomic E-state index is 2.51. The van der Waals surface area contributed by atoms with Crippen molar-refractivity contribution in [2.24, 2.45) is 14.1 Å². The molecule has 0 aliphatic rings. The van der Waals surface area contributed by atoms with Gasteiger partial charge in [0.1, 0.15) is 0 Å². The fourth-order valence-corrected chi connectivity index (χ4v) is 8.74. The lowest BCUT2D eigenvalue weighted by atomic mass is 9.84. The summed E-state index contributed by atoms with van der Waals surface area (Å²) in [6.07, 6.45) is 0.944. The molecule has 0 N–H and O–H groups in total. The molecule has 0 atom stereocenters. The highest BCUT2D eigenvalue weighted by Gasteiger charge is 2.26. The monoisotopic (exact) mass is 570 g/mol. The first-order valence-corrected chi connectivity index (χ1v) is 16.0. The summed E-state index contributed by atoms with van der Waals surface area (Å²) in [5.41, 5.74) is 28.5. The molecule has 0 aliphatic carbocycles. The molecule has 0 saturated heterocycles. The van der Waals surface area contributed by atoms with Crippen molar-refractivity contribution in [3.05, 3.63) is 89.0 Å². The summed E-state index contributed by atoms with van der Waals surface area (Å²) < 4.78 is 5.00. The van der Waals surface area contributed by atoms with E-state index in [-0.39, 0.29) is 0 Å². The number of aromatic nitrogens is 2. The van der Waals surface area contributed by atoms with Crippen LogP contribution in [0.1, 0.15) is 89.0 Å². The van der Waals surface area contributed by atoms with E-state index in [0.29, 0.717) is 0 Å². The Bertz CT molecular complexity index is 2240. The molecule has 0 bridgehead atoms. The summed E-state index contributed by atoms with van der Waals surface area (Å²) in [5, 5.41) is 5.82. The van der Waals surface area contributed by atoms with E-state index in [4.69, 9.17) is 0 Å². The Hall–Kier alpha value is -3.52. The average Bonchev–Trinajstić information content (AvgIpc) is 3.45. The Morgan fingerprint density at radius 2 is 0.558 bits per heavy atom. The second kappa shape index (κ2) is 9.49. The van der Waals surface area contributed by atoms with Crippen LogP contribution >= 0.6 is 0 Å². The van der Waals surface area contributed by atoms with Gasteiger partial charge in [-0.1, -0.05) is 0 Å². The number of rotatable bonds is 2. The first kappa shape index (κ1) is 29.5. The first-order valence-electron chi connectivity index (χ1n) is 16.0. The van der Waals surface area contributed by atoms with Crippen LogP contribution in [0, 0.1) is 96.9 Å². The summed E-state index contributed by atoms with van der Waals surface area (Å²) in [5.74, 6) is 0. The van der Waals surface area contributed by atoms with Gasteiger partial charge in [0.25, 0.3) is 0 Å². The molecule has 0 aliphatic heterocycles. The van der Waals surface area contributed by atoms with Gasteiger partial charge >= 0.3 is 0 Å². The molecule has 2 aromatic heterocycles. The van der Waals surface area contributed by atoms with Gasteiger partial charge in [0.15, 0.2) is 0 Å². The third kappa shape index (κ3) is 3.53. The highest BCUT2D eigenvalue weighted by Crippen LogP contribution is 2.45. The van der Waals surface area contributed by atoms with Crippen LogP contribution in [0.3, 0.4) is 0 Å². The Labute approximate surface area is 258 Å². The SMILES string of the molecule is Cc1c(C)c(C)c2c(c1C)c1c(C)c(C)c(Cc3c(C)c(C)c(C)c4c3c3c(C)c(C)c(C)c(C)c3n4C)c(C)c1n2C. The van der Waals surface area contributed by atoms with Crippen molar-refractivity contribution in [1.29, 1.82) is 0 Å². The van der Waals surface area contributed by atoms with E-state index in [1.54, 1.807) is 0 Å². The van der Waals surface area contributed by atoms with Gasteiger partial charge < -0.3 is 9.13 Å². The molecule has 4 aromatic carbocycles. The molecule has 0 unspecified atom stereocenters. The predicted molar refractivity (Wildman–Crippen MR) is 190 cm³/mol. The van der Waals surface area contributed by atoms with E-state index in [9.17, 15) is 0 Å².